The second-order valence-electron chi connectivity index (χ2n) is 8.09. The van der Waals surface area contributed by atoms with Crippen molar-refractivity contribution in [1.29, 1.82) is 0 Å². The summed E-state index contributed by atoms with van der Waals surface area (Å²) in [6, 6.07) is 13.1. The van der Waals surface area contributed by atoms with Crippen molar-refractivity contribution in [1.82, 2.24) is 24.4 Å². The highest BCUT2D eigenvalue weighted by Gasteiger charge is 2.31. The lowest BCUT2D eigenvalue weighted by atomic mass is 10.0. The maximum atomic E-state index is 13.4. The molecule has 0 atom stereocenters. The number of carbonyl (C=O) groups is 1. The first kappa shape index (κ1) is 23.1. The van der Waals surface area contributed by atoms with Crippen LogP contribution in [0.5, 0.6) is 0 Å². The van der Waals surface area contributed by atoms with Gasteiger partial charge in [-0.25, -0.2) is 14.6 Å². The van der Waals surface area contributed by atoms with Gasteiger partial charge in [-0.15, -0.1) is 0 Å². The van der Waals surface area contributed by atoms with E-state index in [2.05, 4.69) is 20.6 Å². The Labute approximate surface area is 202 Å². The number of halogens is 3. The lowest BCUT2D eigenvalue weighted by Crippen LogP contribution is -2.24. The molecular weight excluding hydrogens is 473 g/mol. The normalized spacial score (nSPS) is 11.7. The molecule has 3 heterocycles. The van der Waals surface area contributed by atoms with Crippen LogP contribution in [-0.4, -0.2) is 32.2 Å². The van der Waals surface area contributed by atoms with E-state index in [9.17, 15) is 22.8 Å². The summed E-state index contributed by atoms with van der Waals surface area (Å²) in [6.45, 7) is 0. The number of nitrogens with one attached hydrogen (secondary N) is 2. The molecule has 0 fully saturated rings. The van der Waals surface area contributed by atoms with Gasteiger partial charge in [0.05, 0.1) is 34.0 Å². The summed E-state index contributed by atoms with van der Waals surface area (Å²) in [4.78, 5) is 33.4. The Morgan fingerprint density at radius 1 is 0.972 bits per heavy atom. The van der Waals surface area contributed by atoms with Crippen LogP contribution in [0.2, 0.25) is 0 Å². The number of alkyl halides is 3. The van der Waals surface area contributed by atoms with E-state index in [1.54, 1.807) is 31.4 Å². The summed E-state index contributed by atoms with van der Waals surface area (Å²) in [5, 5.41) is 5.62. The van der Waals surface area contributed by atoms with Crippen LogP contribution in [-0.2, 0) is 13.2 Å². The number of urea groups is 1. The largest absolute Gasteiger partial charge is 0.416 e. The molecule has 2 amide bonds. The van der Waals surface area contributed by atoms with Crippen LogP contribution in [0.3, 0.4) is 0 Å². The van der Waals surface area contributed by atoms with Crippen LogP contribution in [0.1, 0.15) is 5.56 Å². The fourth-order valence-corrected chi connectivity index (χ4v) is 4.06. The van der Waals surface area contributed by atoms with Gasteiger partial charge in [-0.2, -0.15) is 13.2 Å². The van der Waals surface area contributed by atoms with Crippen molar-refractivity contribution < 1.29 is 18.0 Å². The summed E-state index contributed by atoms with van der Waals surface area (Å²) in [5.74, 6) is 0.365. The number of benzene rings is 2. The predicted molar refractivity (Wildman–Crippen MR) is 130 cm³/mol. The minimum Gasteiger partial charge on any atom is -0.341 e. The van der Waals surface area contributed by atoms with Crippen molar-refractivity contribution in [2.24, 2.45) is 7.05 Å². The number of fused-ring (bicyclic) bond motifs is 3. The molecule has 0 saturated carbocycles. The molecule has 0 spiro atoms. The molecule has 0 bridgehead atoms. The zero-order chi connectivity index (χ0) is 25.6. The SMILES string of the molecule is CNC(=O)Nc1ccc(-c2ccc3ncc4c(c3c2)n(-c2cccc(C(F)(F)F)c2)c(=O)n4C)cn1. The Hall–Kier alpha value is -4.67. The van der Waals surface area contributed by atoms with E-state index in [0.29, 0.717) is 27.8 Å². The second-order valence-corrected chi connectivity index (χ2v) is 8.09. The number of pyridine rings is 2. The molecular formula is C25H19F3N6O2. The van der Waals surface area contributed by atoms with Crippen molar-refractivity contribution in [2.75, 3.05) is 12.4 Å². The van der Waals surface area contributed by atoms with E-state index in [1.807, 2.05) is 12.1 Å². The zero-order valence-corrected chi connectivity index (χ0v) is 19.1. The number of hydrogen-bond acceptors (Lipinski definition) is 4. The van der Waals surface area contributed by atoms with Gasteiger partial charge in [-0.1, -0.05) is 12.1 Å². The van der Waals surface area contributed by atoms with Crippen LogP contribution >= 0.6 is 0 Å². The Balaban J connectivity index is 1.70. The lowest BCUT2D eigenvalue weighted by Gasteiger charge is -2.11. The Morgan fingerprint density at radius 3 is 2.44 bits per heavy atom. The maximum Gasteiger partial charge on any atom is 0.416 e. The van der Waals surface area contributed by atoms with E-state index >= 15 is 0 Å². The standard InChI is InChI=1S/C25H19F3N6O2/c1-29-23(35)32-21-9-7-15(12-31-21)14-6-8-19-18(10-14)22-20(13-30-19)33(2)24(36)34(22)17-5-3-4-16(11-17)25(26,27)28/h3-13H,1-2H3,(H2,29,31,32,35). The molecule has 2 aromatic carbocycles. The van der Waals surface area contributed by atoms with Gasteiger partial charge in [0.25, 0.3) is 0 Å². The van der Waals surface area contributed by atoms with Crippen LogP contribution in [0.25, 0.3) is 38.8 Å². The average Bonchev–Trinajstić information content (AvgIpc) is 3.14. The van der Waals surface area contributed by atoms with Crippen LogP contribution < -0.4 is 16.3 Å². The molecule has 182 valence electrons. The molecule has 11 heteroatoms. The van der Waals surface area contributed by atoms with Crippen molar-refractivity contribution in [3.63, 3.8) is 0 Å². The number of amides is 2. The molecule has 2 N–H and O–H groups in total. The van der Waals surface area contributed by atoms with Gasteiger partial charge in [0.2, 0.25) is 0 Å². The third-order valence-electron chi connectivity index (χ3n) is 5.88. The number of aromatic nitrogens is 4. The minimum absolute atomic E-state index is 0.102. The summed E-state index contributed by atoms with van der Waals surface area (Å²) in [5.41, 5.74) is 1.75. The smallest absolute Gasteiger partial charge is 0.341 e. The monoisotopic (exact) mass is 492 g/mol. The highest BCUT2D eigenvalue weighted by atomic mass is 19.4. The average molecular weight is 492 g/mol. The zero-order valence-electron chi connectivity index (χ0n) is 19.1. The predicted octanol–water partition coefficient (Wildman–Crippen LogP) is 4.71. The number of aryl methyl sites for hydroxylation is 1. The molecule has 0 radical (unpaired) electrons. The molecule has 36 heavy (non-hydrogen) atoms. The van der Waals surface area contributed by atoms with Gasteiger partial charge in [0.1, 0.15) is 5.82 Å². The Morgan fingerprint density at radius 2 is 1.75 bits per heavy atom. The molecule has 0 aliphatic carbocycles. The molecule has 3 aromatic heterocycles. The first-order valence-corrected chi connectivity index (χ1v) is 10.8. The number of anilines is 1. The number of carbonyl (C=O) groups excluding carboxylic acids is 1. The second kappa shape index (κ2) is 8.52. The van der Waals surface area contributed by atoms with Gasteiger partial charge < -0.3 is 5.32 Å². The molecule has 0 saturated heterocycles. The van der Waals surface area contributed by atoms with Gasteiger partial charge in [0, 0.05) is 31.2 Å². The van der Waals surface area contributed by atoms with Gasteiger partial charge in [-0.05, 0) is 48.0 Å². The summed E-state index contributed by atoms with van der Waals surface area (Å²) in [7, 11) is 3.05. The number of nitrogens with zero attached hydrogens (tertiary/aromatic N) is 4. The maximum absolute atomic E-state index is 13.4. The number of rotatable bonds is 3. The van der Waals surface area contributed by atoms with Crippen molar-refractivity contribution in [3.05, 3.63) is 83.0 Å². The highest BCUT2D eigenvalue weighted by molar-refractivity contribution is 6.04. The molecule has 0 unspecified atom stereocenters. The van der Waals surface area contributed by atoms with Crippen molar-refractivity contribution in [3.8, 4) is 16.8 Å². The minimum atomic E-state index is -4.55. The molecule has 0 aliphatic heterocycles. The van der Waals surface area contributed by atoms with E-state index in [-0.39, 0.29) is 5.69 Å². The van der Waals surface area contributed by atoms with Crippen molar-refractivity contribution in [2.45, 2.75) is 6.18 Å². The fraction of sp³-hybridized carbons (Fsp3) is 0.120. The van der Waals surface area contributed by atoms with E-state index in [1.165, 1.54) is 34.5 Å². The highest BCUT2D eigenvalue weighted by Crippen LogP contribution is 2.33. The van der Waals surface area contributed by atoms with Gasteiger partial charge >= 0.3 is 17.9 Å². The van der Waals surface area contributed by atoms with Crippen LogP contribution in [0, 0.1) is 0 Å². The molecule has 5 aromatic rings. The molecule has 0 aliphatic rings. The molecule has 5 rings (SSSR count). The van der Waals surface area contributed by atoms with E-state index in [0.717, 1.165) is 23.3 Å². The third kappa shape index (κ3) is 3.94. The number of imidazole rings is 1. The van der Waals surface area contributed by atoms with Crippen LogP contribution in [0.4, 0.5) is 23.8 Å². The van der Waals surface area contributed by atoms with E-state index in [4.69, 9.17) is 0 Å². The lowest BCUT2D eigenvalue weighted by molar-refractivity contribution is -0.137. The quantitative estimate of drug-likeness (QED) is 0.382. The Bertz CT molecular complexity index is 1690. The van der Waals surface area contributed by atoms with Gasteiger partial charge in [0.15, 0.2) is 0 Å². The Kier molecular flexibility index (Phi) is 5.47. The summed E-state index contributed by atoms with van der Waals surface area (Å²) >= 11 is 0. The fourth-order valence-electron chi connectivity index (χ4n) is 4.06. The number of hydrogen-bond donors (Lipinski definition) is 2. The van der Waals surface area contributed by atoms with Gasteiger partial charge in [-0.3, -0.25) is 19.4 Å². The van der Waals surface area contributed by atoms with Crippen molar-refractivity contribution >= 4 is 33.8 Å². The summed E-state index contributed by atoms with van der Waals surface area (Å²) in [6.07, 6.45) is -1.43. The first-order valence-electron chi connectivity index (χ1n) is 10.8. The summed E-state index contributed by atoms with van der Waals surface area (Å²) < 4.78 is 42.8. The molecule has 8 nitrogen and oxygen atoms in total. The first-order chi connectivity index (χ1) is 17.2. The topological polar surface area (TPSA) is 93.8 Å². The third-order valence-corrected chi connectivity index (χ3v) is 5.88. The van der Waals surface area contributed by atoms with Crippen LogP contribution in [0.15, 0.2) is 71.8 Å². The van der Waals surface area contributed by atoms with E-state index < -0.39 is 23.5 Å².